The monoisotopic (exact) mass is 509 g/mol. The molecule has 1 amide bonds. The Bertz CT molecular complexity index is 1310. The minimum atomic E-state index is -5.08. The van der Waals surface area contributed by atoms with Gasteiger partial charge in [-0.05, 0) is 24.3 Å². The molecule has 2 aromatic carbocycles. The van der Waals surface area contributed by atoms with Gasteiger partial charge in [-0.15, -0.1) is 0 Å². The molecule has 0 saturated carbocycles. The summed E-state index contributed by atoms with van der Waals surface area (Å²) in [6.45, 7) is 3.94. The molecule has 1 spiro atoms. The first-order chi connectivity index (χ1) is 16.9. The number of nitrogens with one attached hydrogen (secondary N) is 2. The van der Waals surface area contributed by atoms with Crippen molar-refractivity contribution in [3.8, 4) is 5.75 Å². The van der Waals surface area contributed by atoms with Crippen LogP contribution >= 0.6 is 0 Å². The second-order valence-corrected chi connectivity index (χ2v) is 8.79. The second kappa shape index (κ2) is 9.30. The number of hydrogen-bond acceptors (Lipinski definition) is 6. The molecule has 9 nitrogen and oxygen atoms in total. The van der Waals surface area contributed by atoms with Crippen molar-refractivity contribution >= 4 is 34.2 Å². The summed E-state index contributed by atoms with van der Waals surface area (Å²) in [5.41, 5.74) is 2.41. The first kappa shape index (κ1) is 25.2. The van der Waals surface area contributed by atoms with Gasteiger partial charge in [0.1, 0.15) is 11.6 Å². The molecule has 3 aromatic rings. The molecule has 0 unspecified atom stereocenters. The maximum Gasteiger partial charge on any atom is 0.490 e. The average molecular weight is 509 g/mol. The smallest absolute Gasteiger partial charge is 0.490 e. The topological polar surface area (TPSA) is 109 Å². The van der Waals surface area contributed by atoms with Gasteiger partial charge in [0.25, 0.3) is 5.91 Å². The molecule has 2 aliphatic heterocycles. The first-order valence-corrected chi connectivity index (χ1v) is 10.8. The number of carbonyl (C=O) groups excluding carboxylic acids is 1. The molecule has 5 rings (SSSR count). The van der Waals surface area contributed by atoms with Crippen molar-refractivity contribution in [3.63, 3.8) is 0 Å². The van der Waals surface area contributed by atoms with Crippen molar-refractivity contribution in [2.75, 3.05) is 43.5 Å². The van der Waals surface area contributed by atoms with Crippen LogP contribution in [0.4, 0.5) is 28.9 Å². The lowest BCUT2D eigenvalue weighted by molar-refractivity contribution is -0.192. The number of aryl methyl sites for hydroxylation is 1. The molecular formula is C23H23F4N5O4. The van der Waals surface area contributed by atoms with Crippen molar-refractivity contribution in [3.05, 3.63) is 47.9 Å². The molecule has 1 aromatic heterocycles. The second-order valence-electron chi connectivity index (χ2n) is 8.79. The van der Waals surface area contributed by atoms with Gasteiger partial charge in [0, 0.05) is 62.0 Å². The van der Waals surface area contributed by atoms with E-state index in [4.69, 9.17) is 14.6 Å². The van der Waals surface area contributed by atoms with E-state index in [2.05, 4.69) is 20.6 Å². The summed E-state index contributed by atoms with van der Waals surface area (Å²) < 4.78 is 53.4. The quantitative estimate of drug-likeness (QED) is 0.464. The maximum absolute atomic E-state index is 14.7. The Labute approximate surface area is 202 Å². The zero-order valence-electron chi connectivity index (χ0n) is 19.3. The lowest BCUT2D eigenvalue weighted by Crippen LogP contribution is -2.71. The van der Waals surface area contributed by atoms with E-state index in [1.807, 2.05) is 19.3 Å². The molecule has 2 fully saturated rings. The fourth-order valence-electron chi connectivity index (χ4n) is 4.16. The number of aliphatic carboxylic acids is 1. The summed E-state index contributed by atoms with van der Waals surface area (Å²) >= 11 is 0. The number of hydrogen-bond donors (Lipinski definition) is 3. The zero-order valence-corrected chi connectivity index (χ0v) is 19.3. The summed E-state index contributed by atoms with van der Waals surface area (Å²) in [5.74, 6) is -3.24. The summed E-state index contributed by atoms with van der Waals surface area (Å²) in [5, 5.41) is 18.2. The van der Waals surface area contributed by atoms with E-state index >= 15 is 0 Å². The van der Waals surface area contributed by atoms with Gasteiger partial charge in [-0.25, -0.2) is 9.18 Å². The van der Waals surface area contributed by atoms with Crippen LogP contribution in [0.2, 0.25) is 0 Å². The lowest BCUT2D eigenvalue weighted by Gasteiger charge is -2.57. The standard InChI is InChI=1S/C21H22FN5O2.C2HF3O2/c1-26-8-13-5-15(19(29-2)7-18(13)25-26)20(28)24-17-4-3-14(6-16(17)22)27-11-21(12-27)9-23-10-21;3-2(4,5)1(6)7/h3-8,23H,9-12H2,1-2H3,(H,24,28);(H,6,7). The Morgan fingerprint density at radius 1 is 1.19 bits per heavy atom. The molecule has 0 atom stereocenters. The van der Waals surface area contributed by atoms with Gasteiger partial charge in [0.05, 0.1) is 23.9 Å². The van der Waals surface area contributed by atoms with Crippen LogP contribution in [-0.2, 0) is 11.8 Å². The highest BCUT2D eigenvalue weighted by molar-refractivity contribution is 6.08. The number of amides is 1. The summed E-state index contributed by atoms with van der Waals surface area (Å²) in [4.78, 5) is 23.9. The molecular weight excluding hydrogens is 486 g/mol. The molecule has 0 aliphatic carbocycles. The minimum Gasteiger partial charge on any atom is -0.496 e. The molecule has 2 saturated heterocycles. The maximum atomic E-state index is 14.7. The number of nitrogens with zero attached hydrogens (tertiary/aromatic N) is 3. The number of carboxylic acid groups (broad SMARTS) is 1. The van der Waals surface area contributed by atoms with Crippen LogP contribution in [-0.4, -0.2) is 66.2 Å². The molecule has 3 N–H and O–H groups in total. The molecule has 13 heteroatoms. The van der Waals surface area contributed by atoms with Crippen LogP contribution in [0.1, 0.15) is 10.4 Å². The number of anilines is 2. The number of carbonyl (C=O) groups is 2. The van der Waals surface area contributed by atoms with E-state index in [-0.39, 0.29) is 5.69 Å². The Hall–Kier alpha value is -3.87. The van der Waals surface area contributed by atoms with Gasteiger partial charge >= 0.3 is 12.1 Å². The van der Waals surface area contributed by atoms with E-state index in [0.717, 1.165) is 42.8 Å². The van der Waals surface area contributed by atoms with E-state index in [1.165, 1.54) is 13.2 Å². The average Bonchev–Trinajstić information content (AvgIpc) is 3.11. The van der Waals surface area contributed by atoms with Crippen molar-refractivity contribution in [2.24, 2.45) is 12.5 Å². The predicted octanol–water partition coefficient (Wildman–Crippen LogP) is 3.02. The van der Waals surface area contributed by atoms with Gasteiger partial charge in [0.15, 0.2) is 0 Å². The number of carboxylic acids is 1. The van der Waals surface area contributed by atoms with Gasteiger partial charge in [0.2, 0.25) is 0 Å². The fraction of sp³-hybridized carbons (Fsp3) is 0.348. The molecule has 0 bridgehead atoms. The third kappa shape index (κ3) is 5.05. The number of fused-ring (bicyclic) bond motifs is 1. The van der Waals surface area contributed by atoms with Crippen LogP contribution in [0.5, 0.6) is 5.75 Å². The van der Waals surface area contributed by atoms with E-state index < -0.39 is 23.9 Å². The van der Waals surface area contributed by atoms with Crippen molar-refractivity contribution in [1.29, 1.82) is 0 Å². The third-order valence-corrected chi connectivity index (χ3v) is 6.05. The molecule has 2 aliphatic rings. The number of benzene rings is 2. The van der Waals surface area contributed by atoms with Crippen molar-refractivity contribution in [1.82, 2.24) is 15.1 Å². The first-order valence-electron chi connectivity index (χ1n) is 10.8. The Balaban J connectivity index is 0.000000384. The Morgan fingerprint density at radius 2 is 1.86 bits per heavy atom. The highest BCUT2D eigenvalue weighted by atomic mass is 19.4. The van der Waals surface area contributed by atoms with Crippen LogP contribution in [0.15, 0.2) is 36.5 Å². The van der Waals surface area contributed by atoms with Crippen LogP contribution in [0.25, 0.3) is 10.9 Å². The highest BCUT2D eigenvalue weighted by Crippen LogP contribution is 2.38. The number of methoxy groups -OCH3 is 1. The Kier molecular flexibility index (Phi) is 6.52. The normalized spacial score (nSPS) is 16.0. The van der Waals surface area contributed by atoms with E-state index in [1.54, 1.807) is 22.9 Å². The summed E-state index contributed by atoms with van der Waals surface area (Å²) in [6.07, 6.45) is -3.27. The largest absolute Gasteiger partial charge is 0.496 e. The fourth-order valence-corrected chi connectivity index (χ4v) is 4.16. The molecule has 3 heterocycles. The van der Waals surface area contributed by atoms with E-state index in [0.29, 0.717) is 16.7 Å². The van der Waals surface area contributed by atoms with Crippen LogP contribution in [0.3, 0.4) is 0 Å². The van der Waals surface area contributed by atoms with Gasteiger partial charge in [-0.3, -0.25) is 9.48 Å². The van der Waals surface area contributed by atoms with Crippen molar-refractivity contribution < 1.29 is 37.0 Å². The third-order valence-electron chi connectivity index (χ3n) is 6.05. The van der Waals surface area contributed by atoms with Gasteiger partial charge in [-0.2, -0.15) is 18.3 Å². The summed E-state index contributed by atoms with van der Waals surface area (Å²) in [6, 6.07) is 8.35. The molecule has 36 heavy (non-hydrogen) atoms. The number of alkyl halides is 3. The highest BCUT2D eigenvalue weighted by Gasteiger charge is 2.47. The van der Waals surface area contributed by atoms with E-state index in [9.17, 15) is 22.4 Å². The minimum absolute atomic E-state index is 0.146. The lowest BCUT2D eigenvalue weighted by atomic mass is 9.74. The number of halogens is 4. The van der Waals surface area contributed by atoms with Gasteiger partial charge in [-0.1, -0.05) is 0 Å². The zero-order chi connectivity index (χ0) is 26.3. The number of rotatable bonds is 4. The van der Waals surface area contributed by atoms with Crippen LogP contribution in [0, 0.1) is 11.2 Å². The molecule has 192 valence electrons. The summed E-state index contributed by atoms with van der Waals surface area (Å²) in [7, 11) is 3.30. The number of ether oxygens (including phenoxy) is 1. The SMILES string of the molecule is COc1cc2nn(C)cc2cc1C(=O)Nc1ccc(N2CC3(CNC3)C2)cc1F.O=C(O)C(F)(F)F. The number of aromatic nitrogens is 2. The molecule has 0 radical (unpaired) electrons. The Morgan fingerprint density at radius 3 is 2.39 bits per heavy atom. The van der Waals surface area contributed by atoms with Crippen molar-refractivity contribution in [2.45, 2.75) is 6.18 Å². The van der Waals surface area contributed by atoms with Gasteiger partial charge < -0.3 is 25.4 Å². The van der Waals surface area contributed by atoms with Crippen LogP contribution < -0.4 is 20.3 Å². The predicted molar refractivity (Wildman–Crippen MR) is 123 cm³/mol.